The number of rotatable bonds is 4. The van der Waals surface area contributed by atoms with Gasteiger partial charge in [-0.1, -0.05) is 66.8 Å². The lowest BCUT2D eigenvalue weighted by molar-refractivity contribution is 0.374. The summed E-state index contributed by atoms with van der Waals surface area (Å²) in [4.78, 5) is 0. The summed E-state index contributed by atoms with van der Waals surface area (Å²) >= 11 is 0. The SMILES string of the molecule is CC1=CC2=C(/C=C/C=C3\CCCc4c3cc(C)[o+]c4-c3ccccc3)CCCC2=C(c2ccccc2)O1. The number of allylic oxidation sites excluding steroid dienone is 9. The molecule has 0 saturated heterocycles. The fraction of sp³-hybridized carbons (Fsp3) is 0.229. The van der Waals surface area contributed by atoms with E-state index in [4.69, 9.17) is 9.15 Å². The van der Waals surface area contributed by atoms with E-state index in [1.54, 1.807) is 0 Å². The van der Waals surface area contributed by atoms with Crippen LogP contribution in [0.5, 0.6) is 0 Å². The first kappa shape index (κ1) is 23.5. The second kappa shape index (κ2) is 10.2. The highest BCUT2D eigenvalue weighted by molar-refractivity contribution is 5.77. The summed E-state index contributed by atoms with van der Waals surface area (Å²) in [5.41, 5.74) is 10.5. The predicted molar refractivity (Wildman–Crippen MR) is 152 cm³/mol. The molecule has 0 amide bonds. The van der Waals surface area contributed by atoms with Gasteiger partial charge in [-0.3, -0.25) is 0 Å². The average Bonchev–Trinajstić information content (AvgIpc) is 2.93. The minimum Gasteiger partial charge on any atom is -0.461 e. The van der Waals surface area contributed by atoms with Crippen LogP contribution in [0.1, 0.15) is 61.5 Å². The van der Waals surface area contributed by atoms with Crippen molar-refractivity contribution < 1.29 is 9.15 Å². The molecule has 2 heteroatoms. The van der Waals surface area contributed by atoms with Crippen molar-refractivity contribution in [3.63, 3.8) is 0 Å². The summed E-state index contributed by atoms with van der Waals surface area (Å²) in [5.74, 6) is 3.96. The van der Waals surface area contributed by atoms with Crippen molar-refractivity contribution in [1.29, 1.82) is 0 Å². The first-order chi connectivity index (χ1) is 18.2. The van der Waals surface area contributed by atoms with Gasteiger partial charge in [0.1, 0.15) is 11.5 Å². The Morgan fingerprint density at radius 3 is 2.32 bits per heavy atom. The molecule has 3 aliphatic rings. The van der Waals surface area contributed by atoms with Gasteiger partial charge >= 0.3 is 11.5 Å². The lowest BCUT2D eigenvalue weighted by Crippen LogP contribution is -2.10. The van der Waals surface area contributed by atoms with Crippen molar-refractivity contribution in [2.75, 3.05) is 0 Å². The zero-order valence-corrected chi connectivity index (χ0v) is 21.7. The highest BCUT2D eigenvalue weighted by Gasteiger charge is 2.28. The third-order valence-corrected chi connectivity index (χ3v) is 7.52. The van der Waals surface area contributed by atoms with Crippen molar-refractivity contribution in [3.8, 4) is 11.3 Å². The molecule has 37 heavy (non-hydrogen) atoms. The summed E-state index contributed by atoms with van der Waals surface area (Å²) < 4.78 is 12.5. The Morgan fingerprint density at radius 1 is 0.811 bits per heavy atom. The second-order valence-electron chi connectivity index (χ2n) is 10.2. The van der Waals surface area contributed by atoms with E-state index in [2.05, 4.69) is 105 Å². The van der Waals surface area contributed by atoms with E-state index < -0.39 is 0 Å². The first-order valence-electron chi connectivity index (χ1n) is 13.5. The van der Waals surface area contributed by atoms with Crippen LogP contribution in [0.15, 0.2) is 118 Å². The van der Waals surface area contributed by atoms with Gasteiger partial charge in [-0.25, -0.2) is 4.42 Å². The van der Waals surface area contributed by atoms with Gasteiger partial charge in [-0.2, -0.15) is 0 Å². The molecule has 2 aromatic carbocycles. The Morgan fingerprint density at radius 2 is 1.54 bits per heavy atom. The van der Waals surface area contributed by atoms with E-state index >= 15 is 0 Å². The Hall–Kier alpha value is -3.91. The van der Waals surface area contributed by atoms with Crippen LogP contribution in [0.4, 0.5) is 0 Å². The molecule has 0 fully saturated rings. The zero-order chi connectivity index (χ0) is 25.2. The fourth-order valence-electron chi connectivity index (χ4n) is 5.85. The molecule has 0 saturated carbocycles. The maximum Gasteiger partial charge on any atom is 0.363 e. The van der Waals surface area contributed by atoms with Crippen LogP contribution in [-0.4, -0.2) is 0 Å². The topological polar surface area (TPSA) is 20.5 Å². The highest BCUT2D eigenvalue weighted by Crippen LogP contribution is 2.42. The molecule has 0 N–H and O–H groups in total. The number of fused-ring (bicyclic) bond motifs is 2. The van der Waals surface area contributed by atoms with E-state index in [1.807, 2.05) is 0 Å². The zero-order valence-electron chi connectivity index (χ0n) is 21.7. The lowest BCUT2D eigenvalue weighted by Gasteiger charge is -2.27. The lowest BCUT2D eigenvalue weighted by atomic mass is 9.83. The van der Waals surface area contributed by atoms with Crippen molar-refractivity contribution in [3.05, 3.63) is 136 Å². The number of hydrogen-bond donors (Lipinski definition) is 0. The van der Waals surface area contributed by atoms with E-state index in [0.717, 1.165) is 72.7 Å². The standard InChI is InChI=1S/C35H33O2/c1-24-22-32-26(18-10-20-30(32)34(36-24)28-12-5-3-6-13-28)16-9-17-27-19-11-21-31-33(27)23-25(2)37-35(31)29-14-7-4-8-15-29/h3-9,12-17,22-23H,10-11,18-21H2,1-2H3/q+1. The summed E-state index contributed by atoms with van der Waals surface area (Å²) in [6, 6.07) is 23.2. The second-order valence-corrected chi connectivity index (χ2v) is 10.2. The smallest absolute Gasteiger partial charge is 0.363 e. The Labute approximate surface area is 220 Å². The van der Waals surface area contributed by atoms with Gasteiger partial charge in [0.2, 0.25) is 0 Å². The van der Waals surface area contributed by atoms with Crippen LogP contribution in [0.2, 0.25) is 0 Å². The Balaban J connectivity index is 1.37. The highest BCUT2D eigenvalue weighted by atomic mass is 16.5. The molecule has 0 atom stereocenters. The van der Waals surface area contributed by atoms with Crippen LogP contribution in [-0.2, 0) is 11.2 Å². The Bertz CT molecular complexity index is 1480. The van der Waals surface area contributed by atoms with E-state index in [9.17, 15) is 0 Å². The molecule has 1 aromatic heterocycles. The third kappa shape index (κ3) is 4.76. The molecule has 184 valence electrons. The van der Waals surface area contributed by atoms with E-state index in [0.29, 0.717) is 0 Å². The molecule has 2 heterocycles. The van der Waals surface area contributed by atoms with Gasteiger partial charge in [0.05, 0.1) is 18.1 Å². The van der Waals surface area contributed by atoms with Gasteiger partial charge in [0, 0.05) is 17.2 Å². The molecule has 3 aromatic rings. The molecule has 0 radical (unpaired) electrons. The monoisotopic (exact) mass is 485 g/mol. The molecular weight excluding hydrogens is 452 g/mol. The minimum absolute atomic E-state index is 0.956. The summed E-state index contributed by atoms with van der Waals surface area (Å²) in [7, 11) is 0. The van der Waals surface area contributed by atoms with Crippen LogP contribution >= 0.6 is 0 Å². The van der Waals surface area contributed by atoms with Crippen molar-refractivity contribution in [2.45, 2.75) is 52.4 Å². The van der Waals surface area contributed by atoms with Crippen LogP contribution < -0.4 is 0 Å². The number of ether oxygens (including phenoxy) is 1. The molecule has 0 bridgehead atoms. The molecule has 1 aliphatic heterocycles. The van der Waals surface area contributed by atoms with Crippen molar-refractivity contribution in [1.82, 2.24) is 0 Å². The van der Waals surface area contributed by atoms with Crippen molar-refractivity contribution in [2.24, 2.45) is 0 Å². The van der Waals surface area contributed by atoms with E-state index in [-0.39, 0.29) is 0 Å². The van der Waals surface area contributed by atoms with Gasteiger partial charge in [-0.15, -0.1) is 0 Å². The quantitative estimate of drug-likeness (QED) is 0.343. The first-order valence-corrected chi connectivity index (χ1v) is 13.5. The summed E-state index contributed by atoms with van der Waals surface area (Å²) in [6.45, 7) is 4.11. The largest absolute Gasteiger partial charge is 0.461 e. The molecular formula is C35H33O2+. The minimum atomic E-state index is 0.956. The van der Waals surface area contributed by atoms with Crippen LogP contribution in [0.3, 0.4) is 0 Å². The van der Waals surface area contributed by atoms with Crippen LogP contribution in [0, 0.1) is 6.92 Å². The van der Waals surface area contributed by atoms with Crippen molar-refractivity contribution >= 4 is 11.3 Å². The summed E-state index contributed by atoms with van der Waals surface area (Å²) in [6.07, 6.45) is 15.7. The average molecular weight is 486 g/mol. The van der Waals surface area contributed by atoms with E-state index in [1.165, 1.54) is 33.4 Å². The molecule has 0 spiro atoms. The molecule has 2 nitrogen and oxygen atoms in total. The van der Waals surface area contributed by atoms with Gasteiger partial charge in [0.15, 0.2) is 0 Å². The fourth-order valence-corrected chi connectivity index (χ4v) is 5.85. The Kier molecular flexibility index (Phi) is 6.49. The number of hydrogen-bond acceptors (Lipinski definition) is 1. The molecule has 2 aliphatic carbocycles. The maximum absolute atomic E-state index is 6.25. The maximum atomic E-state index is 6.25. The third-order valence-electron chi connectivity index (χ3n) is 7.52. The predicted octanol–water partition coefficient (Wildman–Crippen LogP) is 9.64. The van der Waals surface area contributed by atoms with Gasteiger partial charge < -0.3 is 4.74 Å². The number of aryl methyl sites for hydroxylation is 1. The van der Waals surface area contributed by atoms with Gasteiger partial charge in [0.25, 0.3) is 0 Å². The van der Waals surface area contributed by atoms with Gasteiger partial charge in [-0.05, 0) is 85.9 Å². The molecule has 6 rings (SSSR count). The molecule has 0 unspecified atom stereocenters. The normalized spacial score (nSPS) is 18.5. The summed E-state index contributed by atoms with van der Waals surface area (Å²) in [5, 5.41) is 0. The van der Waals surface area contributed by atoms with Crippen LogP contribution in [0.25, 0.3) is 22.7 Å². The number of benzene rings is 2.